The number of nitrogens with one attached hydrogen (secondary N) is 2. The number of carbonyl (C=O) groups excluding carboxylic acids is 1. The Kier molecular flexibility index (Phi) is 6.76. The first-order chi connectivity index (χ1) is 12.3. The van der Waals surface area contributed by atoms with Crippen LogP contribution in [0, 0.1) is 13.8 Å². The molecule has 0 heterocycles. The second-order valence-electron chi connectivity index (χ2n) is 6.04. The Labute approximate surface area is 154 Å². The number of sulfonamides is 1. The minimum Gasteiger partial charge on any atom is -0.497 e. The molecule has 2 rings (SSSR count). The van der Waals surface area contributed by atoms with Crippen LogP contribution in [0.2, 0.25) is 0 Å². The Morgan fingerprint density at radius 1 is 1.04 bits per heavy atom. The molecule has 0 aliphatic rings. The third kappa shape index (κ3) is 5.57. The molecule has 140 valence electrons. The lowest BCUT2D eigenvalue weighted by Crippen LogP contribution is -2.35. The van der Waals surface area contributed by atoms with Crippen molar-refractivity contribution in [1.82, 2.24) is 10.0 Å². The van der Waals surface area contributed by atoms with Crippen molar-refractivity contribution >= 4 is 15.9 Å². The molecule has 0 aromatic heterocycles. The van der Waals surface area contributed by atoms with Crippen molar-refractivity contribution in [3.8, 4) is 5.75 Å². The summed E-state index contributed by atoms with van der Waals surface area (Å²) in [4.78, 5) is 12.2. The van der Waals surface area contributed by atoms with Gasteiger partial charge in [0.2, 0.25) is 15.9 Å². The van der Waals surface area contributed by atoms with E-state index >= 15 is 0 Å². The fraction of sp³-hybridized carbons (Fsp3) is 0.316. The molecule has 7 heteroatoms. The summed E-state index contributed by atoms with van der Waals surface area (Å²) in [7, 11) is -2.00. The van der Waals surface area contributed by atoms with Gasteiger partial charge in [-0.05, 0) is 43.2 Å². The van der Waals surface area contributed by atoms with E-state index in [4.69, 9.17) is 4.74 Å². The van der Waals surface area contributed by atoms with Crippen LogP contribution in [0.4, 0.5) is 0 Å². The fourth-order valence-electron chi connectivity index (χ4n) is 2.56. The number of carbonyl (C=O) groups is 1. The SMILES string of the molecule is COc1ccc(CC(=O)NCCNS(=O)(=O)c2ccc(C)cc2C)cc1. The third-order valence-corrected chi connectivity index (χ3v) is 5.50. The highest BCUT2D eigenvalue weighted by Gasteiger charge is 2.16. The summed E-state index contributed by atoms with van der Waals surface area (Å²) in [6.45, 7) is 4.02. The second kappa shape index (κ2) is 8.82. The molecule has 26 heavy (non-hydrogen) atoms. The molecule has 0 unspecified atom stereocenters. The number of methoxy groups -OCH3 is 1. The summed E-state index contributed by atoms with van der Waals surface area (Å²) in [5.41, 5.74) is 2.56. The molecule has 1 amide bonds. The summed E-state index contributed by atoms with van der Waals surface area (Å²) < 4.78 is 32.2. The topological polar surface area (TPSA) is 84.5 Å². The van der Waals surface area contributed by atoms with Gasteiger partial charge in [0.15, 0.2) is 0 Å². The molecule has 2 N–H and O–H groups in total. The molecular weight excluding hydrogens is 352 g/mol. The molecule has 2 aromatic rings. The van der Waals surface area contributed by atoms with Gasteiger partial charge in [-0.3, -0.25) is 4.79 Å². The van der Waals surface area contributed by atoms with E-state index in [9.17, 15) is 13.2 Å². The van der Waals surface area contributed by atoms with Gasteiger partial charge in [0, 0.05) is 13.1 Å². The quantitative estimate of drug-likeness (QED) is 0.690. The molecule has 0 aliphatic carbocycles. The van der Waals surface area contributed by atoms with E-state index in [2.05, 4.69) is 10.0 Å². The summed E-state index contributed by atoms with van der Waals surface area (Å²) >= 11 is 0. The van der Waals surface area contributed by atoms with Crippen molar-refractivity contribution in [1.29, 1.82) is 0 Å². The lowest BCUT2D eigenvalue weighted by atomic mass is 10.1. The highest BCUT2D eigenvalue weighted by molar-refractivity contribution is 7.89. The van der Waals surface area contributed by atoms with Crippen LogP contribution in [0.25, 0.3) is 0 Å². The summed E-state index contributed by atoms with van der Waals surface area (Å²) in [5, 5.41) is 2.71. The Morgan fingerprint density at radius 2 is 1.73 bits per heavy atom. The van der Waals surface area contributed by atoms with Crippen molar-refractivity contribution in [2.75, 3.05) is 20.2 Å². The molecule has 0 bridgehead atoms. The van der Waals surface area contributed by atoms with Crippen molar-refractivity contribution in [2.24, 2.45) is 0 Å². The van der Waals surface area contributed by atoms with Gasteiger partial charge in [-0.15, -0.1) is 0 Å². The predicted molar refractivity (Wildman–Crippen MR) is 101 cm³/mol. The van der Waals surface area contributed by atoms with E-state index in [1.54, 1.807) is 38.3 Å². The van der Waals surface area contributed by atoms with Gasteiger partial charge >= 0.3 is 0 Å². The van der Waals surface area contributed by atoms with E-state index in [0.29, 0.717) is 5.56 Å². The van der Waals surface area contributed by atoms with Crippen LogP contribution in [-0.4, -0.2) is 34.5 Å². The molecule has 0 saturated carbocycles. The predicted octanol–water partition coefficient (Wildman–Crippen LogP) is 1.95. The van der Waals surface area contributed by atoms with Crippen LogP contribution in [0.5, 0.6) is 5.75 Å². The van der Waals surface area contributed by atoms with Crippen LogP contribution in [0.15, 0.2) is 47.4 Å². The Bertz CT molecular complexity index is 862. The van der Waals surface area contributed by atoms with Crippen LogP contribution in [-0.2, 0) is 21.2 Å². The maximum atomic E-state index is 12.3. The molecule has 0 radical (unpaired) electrons. The zero-order valence-electron chi connectivity index (χ0n) is 15.2. The first-order valence-electron chi connectivity index (χ1n) is 8.28. The van der Waals surface area contributed by atoms with E-state index < -0.39 is 10.0 Å². The number of rotatable bonds is 8. The summed E-state index contributed by atoms with van der Waals surface area (Å²) in [5.74, 6) is 0.566. The van der Waals surface area contributed by atoms with E-state index in [-0.39, 0.29) is 30.3 Å². The molecule has 6 nitrogen and oxygen atoms in total. The van der Waals surface area contributed by atoms with Crippen molar-refractivity contribution < 1.29 is 17.9 Å². The number of aryl methyl sites for hydroxylation is 2. The molecule has 0 aliphatic heterocycles. The minimum absolute atomic E-state index is 0.129. The lowest BCUT2D eigenvalue weighted by molar-refractivity contribution is -0.120. The zero-order valence-corrected chi connectivity index (χ0v) is 16.0. The van der Waals surface area contributed by atoms with Gasteiger partial charge in [0.1, 0.15) is 5.75 Å². The summed E-state index contributed by atoms with van der Waals surface area (Å²) in [6, 6.07) is 12.4. The molecular formula is C19H24N2O4S. The lowest BCUT2D eigenvalue weighted by Gasteiger charge is -2.11. The number of ether oxygens (including phenoxy) is 1. The third-order valence-electron chi connectivity index (χ3n) is 3.88. The molecule has 0 spiro atoms. The van der Waals surface area contributed by atoms with Crippen molar-refractivity contribution in [3.63, 3.8) is 0 Å². The van der Waals surface area contributed by atoms with Gasteiger partial charge in [-0.1, -0.05) is 29.8 Å². The van der Waals surface area contributed by atoms with E-state index in [1.165, 1.54) is 0 Å². The van der Waals surface area contributed by atoms with E-state index in [1.807, 2.05) is 25.1 Å². The molecule has 0 fully saturated rings. The van der Waals surface area contributed by atoms with Crippen LogP contribution >= 0.6 is 0 Å². The van der Waals surface area contributed by atoms with E-state index in [0.717, 1.165) is 16.9 Å². The molecule has 0 saturated heterocycles. The molecule has 0 atom stereocenters. The second-order valence-corrected chi connectivity index (χ2v) is 7.78. The zero-order chi connectivity index (χ0) is 19.2. The number of amides is 1. The highest BCUT2D eigenvalue weighted by Crippen LogP contribution is 2.16. The number of hydrogen-bond donors (Lipinski definition) is 2. The van der Waals surface area contributed by atoms with Gasteiger partial charge in [0.05, 0.1) is 18.4 Å². The monoisotopic (exact) mass is 376 g/mol. The number of benzene rings is 2. The minimum atomic E-state index is -3.59. The maximum Gasteiger partial charge on any atom is 0.240 e. The standard InChI is InChI=1S/C19H24N2O4S/c1-14-4-9-18(15(2)12-14)26(23,24)21-11-10-20-19(22)13-16-5-7-17(25-3)8-6-16/h4-9,12,21H,10-11,13H2,1-3H3,(H,20,22). The van der Waals surface area contributed by atoms with Crippen molar-refractivity contribution in [3.05, 3.63) is 59.2 Å². The normalized spacial score (nSPS) is 11.2. The Balaban J connectivity index is 1.80. The Hall–Kier alpha value is -2.38. The fourth-order valence-corrected chi connectivity index (χ4v) is 3.81. The average molecular weight is 376 g/mol. The average Bonchev–Trinajstić information content (AvgIpc) is 2.59. The first kappa shape index (κ1) is 19.9. The van der Waals surface area contributed by atoms with Gasteiger partial charge in [0.25, 0.3) is 0 Å². The van der Waals surface area contributed by atoms with Crippen LogP contribution in [0.1, 0.15) is 16.7 Å². The smallest absolute Gasteiger partial charge is 0.240 e. The van der Waals surface area contributed by atoms with Crippen molar-refractivity contribution in [2.45, 2.75) is 25.2 Å². The number of hydrogen-bond acceptors (Lipinski definition) is 4. The first-order valence-corrected chi connectivity index (χ1v) is 9.76. The van der Waals surface area contributed by atoms with Gasteiger partial charge < -0.3 is 10.1 Å². The largest absolute Gasteiger partial charge is 0.497 e. The van der Waals surface area contributed by atoms with Crippen LogP contribution < -0.4 is 14.8 Å². The van der Waals surface area contributed by atoms with Gasteiger partial charge in [-0.2, -0.15) is 0 Å². The highest BCUT2D eigenvalue weighted by atomic mass is 32.2. The van der Waals surface area contributed by atoms with Crippen LogP contribution in [0.3, 0.4) is 0 Å². The summed E-state index contributed by atoms with van der Waals surface area (Å²) in [6.07, 6.45) is 0.230. The Morgan fingerprint density at radius 3 is 2.35 bits per heavy atom. The molecule has 2 aromatic carbocycles. The maximum absolute atomic E-state index is 12.3. The van der Waals surface area contributed by atoms with Gasteiger partial charge in [-0.25, -0.2) is 13.1 Å².